The van der Waals surface area contributed by atoms with Crippen LogP contribution >= 0.6 is 11.8 Å². The lowest BCUT2D eigenvalue weighted by molar-refractivity contribution is -0.146. The lowest BCUT2D eigenvalue weighted by Crippen LogP contribution is -2.40. The summed E-state index contributed by atoms with van der Waals surface area (Å²) < 4.78 is 10.3. The van der Waals surface area contributed by atoms with E-state index in [4.69, 9.17) is 9.15 Å². The van der Waals surface area contributed by atoms with Crippen LogP contribution in [0.15, 0.2) is 33.9 Å². The number of nitrogens with zero attached hydrogens (tertiary/aromatic N) is 1. The van der Waals surface area contributed by atoms with E-state index in [-0.39, 0.29) is 18.3 Å². The first-order valence-electron chi connectivity index (χ1n) is 6.54. The van der Waals surface area contributed by atoms with Gasteiger partial charge in [0.05, 0.1) is 12.4 Å². The molecule has 0 fully saturated rings. The van der Waals surface area contributed by atoms with E-state index >= 15 is 0 Å². The summed E-state index contributed by atoms with van der Waals surface area (Å²) in [6.45, 7) is 3.59. The zero-order valence-corrected chi connectivity index (χ0v) is 12.6. The van der Waals surface area contributed by atoms with Crippen LogP contribution in [0.3, 0.4) is 0 Å². The highest BCUT2D eigenvalue weighted by molar-refractivity contribution is 7.99. The van der Waals surface area contributed by atoms with Crippen LogP contribution in [0.1, 0.15) is 13.8 Å². The van der Waals surface area contributed by atoms with Crippen LogP contribution < -0.4 is 5.32 Å². The van der Waals surface area contributed by atoms with E-state index in [0.29, 0.717) is 10.8 Å². The number of fused-ring (bicyclic) bond motifs is 1. The minimum atomic E-state index is -0.665. The fourth-order valence-corrected chi connectivity index (χ4v) is 2.30. The van der Waals surface area contributed by atoms with Gasteiger partial charge in [-0.15, -0.1) is 0 Å². The van der Waals surface area contributed by atoms with Gasteiger partial charge in [-0.05, 0) is 26.0 Å². The molecule has 7 heteroatoms. The number of benzene rings is 1. The number of esters is 1. The Labute approximate surface area is 126 Å². The second kappa shape index (κ2) is 7.12. The molecule has 0 aliphatic carbocycles. The number of carbonyl (C=O) groups excluding carboxylic acids is 2. The molecule has 0 saturated carbocycles. The first kappa shape index (κ1) is 15.4. The summed E-state index contributed by atoms with van der Waals surface area (Å²) in [5, 5.41) is 2.99. The van der Waals surface area contributed by atoms with Gasteiger partial charge in [-0.2, -0.15) is 0 Å². The largest absolute Gasteiger partial charge is 0.464 e. The molecule has 2 aromatic rings. The third-order valence-corrected chi connectivity index (χ3v) is 3.45. The monoisotopic (exact) mass is 308 g/mol. The number of para-hydroxylation sites is 2. The molecule has 1 atom stereocenters. The molecule has 0 spiro atoms. The molecule has 1 unspecified atom stereocenters. The standard InChI is InChI=1S/C14H16N2O4S/c1-3-19-13(18)9(2)15-12(17)8-21-14-16-10-6-4-5-7-11(10)20-14/h4-7,9H,3,8H2,1-2H3,(H,15,17). The molecule has 0 aliphatic heterocycles. The van der Waals surface area contributed by atoms with Gasteiger partial charge < -0.3 is 14.5 Å². The van der Waals surface area contributed by atoms with E-state index in [0.717, 1.165) is 5.52 Å². The number of rotatable bonds is 6. The molecule has 0 saturated heterocycles. The molecule has 1 N–H and O–H groups in total. The van der Waals surface area contributed by atoms with Gasteiger partial charge in [0, 0.05) is 0 Å². The Hall–Kier alpha value is -2.02. The van der Waals surface area contributed by atoms with Crippen molar-refractivity contribution in [2.75, 3.05) is 12.4 Å². The van der Waals surface area contributed by atoms with Gasteiger partial charge in [0.2, 0.25) is 5.91 Å². The number of carbonyl (C=O) groups is 2. The molecule has 0 radical (unpaired) electrons. The average Bonchev–Trinajstić information content (AvgIpc) is 2.88. The predicted molar refractivity (Wildman–Crippen MR) is 79.0 cm³/mol. The first-order chi connectivity index (χ1) is 10.1. The van der Waals surface area contributed by atoms with Crippen molar-refractivity contribution in [1.29, 1.82) is 0 Å². The summed E-state index contributed by atoms with van der Waals surface area (Å²) in [6, 6.07) is 6.71. The van der Waals surface area contributed by atoms with Crippen molar-refractivity contribution in [3.05, 3.63) is 24.3 Å². The van der Waals surface area contributed by atoms with E-state index in [1.807, 2.05) is 24.3 Å². The number of hydrogen-bond donors (Lipinski definition) is 1. The zero-order valence-electron chi connectivity index (χ0n) is 11.8. The lowest BCUT2D eigenvalue weighted by Gasteiger charge is -2.11. The summed E-state index contributed by atoms with van der Waals surface area (Å²) >= 11 is 1.18. The van der Waals surface area contributed by atoms with Crippen molar-refractivity contribution in [1.82, 2.24) is 10.3 Å². The maximum atomic E-state index is 11.7. The Kier molecular flexibility index (Phi) is 5.21. The highest BCUT2D eigenvalue weighted by atomic mass is 32.2. The Morgan fingerprint density at radius 1 is 1.43 bits per heavy atom. The normalized spacial score (nSPS) is 12.1. The topological polar surface area (TPSA) is 81.4 Å². The molecule has 1 aromatic heterocycles. The molecule has 6 nitrogen and oxygen atoms in total. The van der Waals surface area contributed by atoms with Gasteiger partial charge in [-0.3, -0.25) is 4.79 Å². The maximum Gasteiger partial charge on any atom is 0.328 e. The zero-order chi connectivity index (χ0) is 15.2. The summed E-state index contributed by atoms with van der Waals surface area (Å²) in [4.78, 5) is 27.4. The molecule has 112 valence electrons. The van der Waals surface area contributed by atoms with Crippen LogP contribution in [-0.2, 0) is 14.3 Å². The quantitative estimate of drug-likeness (QED) is 0.649. The molecular formula is C14H16N2O4S. The number of aromatic nitrogens is 1. The van der Waals surface area contributed by atoms with E-state index in [1.165, 1.54) is 11.8 Å². The fourth-order valence-electron chi connectivity index (χ4n) is 1.65. The van der Waals surface area contributed by atoms with Crippen LogP contribution in [0.25, 0.3) is 11.1 Å². The molecule has 1 heterocycles. The first-order valence-corrected chi connectivity index (χ1v) is 7.53. The Morgan fingerprint density at radius 2 is 2.19 bits per heavy atom. The maximum absolute atomic E-state index is 11.7. The second-order valence-electron chi connectivity index (χ2n) is 4.28. The van der Waals surface area contributed by atoms with E-state index in [2.05, 4.69) is 10.3 Å². The highest BCUT2D eigenvalue weighted by Crippen LogP contribution is 2.22. The number of oxazole rings is 1. The number of amides is 1. The summed E-state index contributed by atoms with van der Waals surface area (Å²) in [5.74, 6) is -0.600. The van der Waals surface area contributed by atoms with E-state index in [9.17, 15) is 9.59 Å². The van der Waals surface area contributed by atoms with Crippen molar-refractivity contribution in [3.63, 3.8) is 0 Å². The Morgan fingerprint density at radius 3 is 2.90 bits per heavy atom. The third kappa shape index (κ3) is 4.22. The van der Waals surface area contributed by atoms with Gasteiger partial charge in [-0.1, -0.05) is 23.9 Å². The van der Waals surface area contributed by atoms with E-state index in [1.54, 1.807) is 13.8 Å². The number of nitrogens with one attached hydrogen (secondary N) is 1. The molecule has 21 heavy (non-hydrogen) atoms. The van der Waals surface area contributed by atoms with Gasteiger partial charge in [0.1, 0.15) is 11.6 Å². The Bertz CT molecular complexity index is 608. The minimum Gasteiger partial charge on any atom is -0.464 e. The van der Waals surface area contributed by atoms with Crippen LogP contribution in [0.2, 0.25) is 0 Å². The average molecular weight is 308 g/mol. The molecule has 1 amide bonds. The summed E-state index contributed by atoms with van der Waals surface area (Å²) in [6.07, 6.45) is 0. The minimum absolute atomic E-state index is 0.122. The summed E-state index contributed by atoms with van der Waals surface area (Å²) in [7, 11) is 0. The van der Waals surface area contributed by atoms with Crippen molar-refractivity contribution < 1.29 is 18.7 Å². The van der Waals surface area contributed by atoms with E-state index < -0.39 is 12.0 Å². The second-order valence-corrected chi connectivity index (χ2v) is 5.20. The smallest absolute Gasteiger partial charge is 0.328 e. The van der Waals surface area contributed by atoms with Crippen LogP contribution in [-0.4, -0.2) is 35.3 Å². The van der Waals surface area contributed by atoms with Crippen molar-refractivity contribution >= 4 is 34.7 Å². The molecule has 0 aliphatic rings. The summed E-state index contributed by atoms with van der Waals surface area (Å²) in [5.41, 5.74) is 1.43. The van der Waals surface area contributed by atoms with Gasteiger partial charge in [0.15, 0.2) is 5.58 Å². The molecule has 1 aromatic carbocycles. The molecular weight excluding hydrogens is 292 g/mol. The van der Waals surface area contributed by atoms with Crippen molar-refractivity contribution in [3.8, 4) is 0 Å². The number of hydrogen-bond acceptors (Lipinski definition) is 6. The highest BCUT2D eigenvalue weighted by Gasteiger charge is 2.17. The lowest BCUT2D eigenvalue weighted by atomic mass is 10.3. The SMILES string of the molecule is CCOC(=O)C(C)NC(=O)CSc1nc2ccccc2o1. The molecule has 2 rings (SSSR count). The number of ether oxygens (including phenoxy) is 1. The Balaban J connectivity index is 1.84. The van der Waals surface area contributed by atoms with Crippen LogP contribution in [0.4, 0.5) is 0 Å². The third-order valence-electron chi connectivity index (χ3n) is 2.62. The number of thioether (sulfide) groups is 1. The molecule has 0 bridgehead atoms. The van der Waals surface area contributed by atoms with Crippen molar-refractivity contribution in [2.24, 2.45) is 0 Å². The van der Waals surface area contributed by atoms with Crippen molar-refractivity contribution in [2.45, 2.75) is 25.1 Å². The van der Waals surface area contributed by atoms with Crippen LogP contribution in [0, 0.1) is 0 Å². The van der Waals surface area contributed by atoms with Gasteiger partial charge >= 0.3 is 5.97 Å². The van der Waals surface area contributed by atoms with Gasteiger partial charge in [-0.25, -0.2) is 9.78 Å². The van der Waals surface area contributed by atoms with Crippen LogP contribution in [0.5, 0.6) is 0 Å². The fraction of sp³-hybridized carbons (Fsp3) is 0.357. The predicted octanol–water partition coefficient (Wildman–Crippen LogP) is 1.99. The van der Waals surface area contributed by atoms with Gasteiger partial charge in [0.25, 0.3) is 5.22 Å².